The van der Waals surface area contributed by atoms with Crippen LogP contribution in [-0.4, -0.2) is 32.6 Å². The van der Waals surface area contributed by atoms with E-state index in [-0.39, 0.29) is 17.7 Å². The molecule has 0 aliphatic heterocycles. The van der Waals surface area contributed by atoms with E-state index in [9.17, 15) is 4.79 Å². The highest BCUT2D eigenvalue weighted by Crippen LogP contribution is 2.23. The third-order valence-electron chi connectivity index (χ3n) is 3.73. The van der Waals surface area contributed by atoms with Crippen molar-refractivity contribution in [1.29, 1.82) is 0 Å². The molecular formula is C17H24ClN5OS. The van der Waals surface area contributed by atoms with E-state index in [0.717, 1.165) is 18.4 Å². The molecule has 0 aliphatic carbocycles. The number of nitrogen functional groups attached to an aromatic ring is 1. The Kier molecular flexibility index (Phi) is 7.58. The van der Waals surface area contributed by atoms with Gasteiger partial charge in [-0.3, -0.25) is 4.79 Å². The molecule has 1 atom stereocenters. The molecule has 3 N–H and O–H groups in total. The van der Waals surface area contributed by atoms with Crippen molar-refractivity contribution in [3.05, 3.63) is 29.3 Å². The molecule has 1 heterocycles. The molecular weight excluding hydrogens is 358 g/mol. The van der Waals surface area contributed by atoms with E-state index in [1.807, 2.05) is 19.1 Å². The third-order valence-corrected chi connectivity index (χ3v) is 4.91. The van der Waals surface area contributed by atoms with Gasteiger partial charge in [0.05, 0.1) is 5.75 Å². The van der Waals surface area contributed by atoms with E-state index in [2.05, 4.69) is 22.4 Å². The number of halogens is 1. The van der Waals surface area contributed by atoms with Crippen LogP contribution in [0.15, 0.2) is 29.4 Å². The third kappa shape index (κ3) is 5.93. The molecule has 8 heteroatoms. The van der Waals surface area contributed by atoms with Gasteiger partial charge in [0.15, 0.2) is 5.82 Å². The number of unbranched alkanes of at least 4 members (excludes halogenated alkanes) is 2. The van der Waals surface area contributed by atoms with Crippen molar-refractivity contribution < 1.29 is 4.79 Å². The summed E-state index contributed by atoms with van der Waals surface area (Å²) in [6, 6.07) is 7.42. The SMILES string of the molecule is CCCCCC(C)NC(=O)CSc1nnc(-c2cccc(Cl)c2)n1N. The lowest BCUT2D eigenvalue weighted by atomic mass is 10.1. The molecule has 0 spiro atoms. The summed E-state index contributed by atoms with van der Waals surface area (Å²) in [7, 11) is 0. The first-order chi connectivity index (χ1) is 12.0. The van der Waals surface area contributed by atoms with Gasteiger partial charge in [-0.15, -0.1) is 10.2 Å². The van der Waals surface area contributed by atoms with Crippen LogP contribution in [0.25, 0.3) is 11.4 Å². The van der Waals surface area contributed by atoms with Crippen LogP contribution in [0, 0.1) is 0 Å². The monoisotopic (exact) mass is 381 g/mol. The van der Waals surface area contributed by atoms with Crippen LogP contribution in [-0.2, 0) is 4.79 Å². The van der Waals surface area contributed by atoms with E-state index >= 15 is 0 Å². The number of hydrogen-bond acceptors (Lipinski definition) is 5. The fourth-order valence-corrected chi connectivity index (χ4v) is 3.28. The second kappa shape index (κ2) is 9.68. The van der Waals surface area contributed by atoms with Crippen molar-refractivity contribution in [2.24, 2.45) is 0 Å². The standard InChI is InChI=1S/C17H24ClN5OS/c1-3-4-5-7-12(2)20-15(24)11-25-17-22-21-16(23(17)19)13-8-6-9-14(18)10-13/h6,8-10,12H,3-5,7,11,19H2,1-2H3,(H,20,24). The van der Waals surface area contributed by atoms with Crippen molar-refractivity contribution in [3.63, 3.8) is 0 Å². The summed E-state index contributed by atoms with van der Waals surface area (Å²) in [6.07, 6.45) is 4.50. The molecule has 0 saturated heterocycles. The summed E-state index contributed by atoms with van der Waals surface area (Å²) >= 11 is 7.26. The Balaban J connectivity index is 1.88. The van der Waals surface area contributed by atoms with Gasteiger partial charge in [-0.2, -0.15) is 0 Å². The summed E-state index contributed by atoms with van der Waals surface area (Å²) in [4.78, 5) is 12.0. The van der Waals surface area contributed by atoms with Gasteiger partial charge in [0.1, 0.15) is 0 Å². The number of nitrogens with one attached hydrogen (secondary N) is 1. The minimum Gasteiger partial charge on any atom is -0.353 e. The average molecular weight is 382 g/mol. The lowest BCUT2D eigenvalue weighted by molar-refractivity contribution is -0.119. The van der Waals surface area contributed by atoms with Gasteiger partial charge < -0.3 is 11.2 Å². The number of aromatic nitrogens is 3. The molecule has 0 radical (unpaired) electrons. The fraction of sp³-hybridized carbons (Fsp3) is 0.471. The normalized spacial score (nSPS) is 12.1. The summed E-state index contributed by atoms with van der Waals surface area (Å²) in [5.41, 5.74) is 0.781. The molecule has 136 valence electrons. The highest BCUT2D eigenvalue weighted by atomic mass is 35.5. The lowest BCUT2D eigenvalue weighted by Gasteiger charge is -2.13. The molecule has 2 aromatic rings. The Hall–Kier alpha value is -1.73. The Morgan fingerprint density at radius 2 is 2.20 bits per heavy atom. The zero-order valence-corrected chi connectivity index (χ0v) is 16.1. The largest absolute Gasteiger partial charge is 0.353 e. The second-order valence-electron chi connectivity index (χ2n) is 5.94. The van der Waals surface area contributed by atoms with Gasteiger partial charge in [-0.25, -0.2) is 4.68 Å². The van der Waals surface area contributed by atoms with E-state index in [4.69, 9.17) is 17.4 Å². The van der Waals surface area contributed by atoms with Gasteiger partial charge in [0, 0.05) is 16.6 Å². The highest BCUT2D eigenvalue weighted by molar-refractivity contribution is 7.99. The maximum absolute atomic E-state index is 12.0. The average Bonchev–Trinajstić information content (AvgIpc) is 2.94. The zero-order valence-electron chi connectivity index (χ0n) is 14.5. The van der Waals surface area contributed by atoms with E-state index in [1.54, 1.807) is 12.1 Å². The second-order valence-corrected chi connectivity index (χ2v) is 7.32. The van der Waals surface area contributed by atoms with Crippen LogP contribution in [0.2, 0.25) is 5.02 Å². The molecule has 1 amide bonds. The van der Waals surface area contributed by atoms with Gasteiger partial charge >= 0.3 is 0 Å². The minimum atomic E-state index is -0.0266. The van der Waals surface area contributed by atoms with Crippen molar-refractivity contribution >= 4 is 29.3 Å². The summed E-state index contributed by atoms with van der Waals surface area (Å²) in [5.74, 6) is 6.79. The number of amides is 1. The van der Waals surface area contributed by atoms with Gasteiger partial charge in [-0.05, 0) is 25.5 Å². The first-order valence-electron chi connectivity index (χ1n) is 8.39. The number of carbonyl (C=O) groups excluding carboxylic acids is 1. The van der Waals surface area contributed by atoms with Crippen LogP contribution in [0.1, 0.15) is 39.5 Å². The van der Waals surface area contributed by atoms with Crippen molar-refractivity contribution in [2.45, 2.75) is 50.7 Å². The van der Waals surface area contributed by atoms with Crippen LogP contribution in [0.4, 0.5) is 0 Å². The number of benzene rings is 1. The Bertz CT molecular complexity index is 706. The zero-order chi connectivity index (χ0) is 18.2. The number of carbonyl (C=O) groups is 1. The number of hydrogen-bond donors (Lipinski definition) is 2. The molecule has 0 bridgehead atoms. The molecule has 1 unspecified atom stereocenters. The summed E-state index contributed by atoms with van der Waals surface area (Å²) in [5, 5.41) is 12.2. The van der Waals surface area contributed by atoms with Crippen molar-refractivity contribution in [1.82, 2.24) is 20.2 Å². The summed E-state index contributed by atoms with van der Waals surface area (Å²) in [6.45, 7) is 4.20. The molecule has 0 saturated carbocycles. The molecule has 25 heavy (non-hydrogen) atoms. The molecule has 2 rings (SSSR count). The first-order valence-corrected chi connectivity index (χ1v) is 9.76. The van der Waals surface area contributed by atoms with Crippen LogP contribution >= 0.6 is 23.4 Å². The molecule has 1 aromatic carbocycles. The topological polar surface area (TPSA) is 85.8 Å². The van der Waals surface area contributed by atoms with Gasteiger partial charge in [-0.1, -0.05) is 61.7 Å². The molecule has 0 fully saturated rings. The quantitative estimate of drug-likeness (QED) is 0.394. The Morgan fingerprint density at radius 1 is 1.40 bits per heavy atom. The lowest BCUT2D eigenvalue weighted by Crippen LogP contribution is -2.33. The van der Waals surface area contributed by atoms with Crippen LogP contribution in [0.5, 0.6) is 0 Å². The van der Waals surface area contributed by atoms with E-state index < -0.39 is 0 Å². The first kappa shape index (κ1) is 19.6. The highest BCUT2D eigenvalue weighted by Gasteiger charge is 2.14. The number of nitrogens with two attached hydrogens (primary N) is 1. The summed E-state index contributed by atoms with van der Waals surface area (Å²) < 4.78 is 1.38. The van der Waals surface area contributed by atoms with E-state index in [1.165, 1.54) is 29.3 Å². The minimum absolute atomic E-state index is 0.0266. The molecule has 1 aromatic heterocycles. The Labute approximate surface area is 157 Å². The van der Waals surface area contributed by atoms with Crippen LogP contribution in [0.3, 0.4) is 0 Å². The smallest absolute Gasteiger partial charge is 0.230 e. The predicted molar refractivity (Wildman–Crippen MR) is 103 cm³/mol. The number of nitrogens with zero attached hydrogens (tertiary/aromatic N) is 3. The Morgan fingerprint density at radius 3 is 2.92 bits per heavy atom. The van der Waals surface area contributed by atoms with E-state index in [0.29, 0.717) is 16.0 Å². The maximum Gasteiger partial charge on any atom is 0.230 e. The van der Waals surface area contributed by atoms with Crippen LogP contribution < -0.4 is 11.2 Å². The molecule has 6 nitrogen and oxygen atoms in total. The van der Waals surface area contributed by atoms with Crippen molar-refractivity contribution in [2.75, 3.05) is 11.6 Å². The number of rotatable bonds is 9. The van der Waals surface area contributed by atoms with Gasteiger partial charge in [0.2, 0.25) is 11.1 Å². The predicted octanol–water partition coefficient (Wildman–Crippen LogP) is 3.49. The maximum atomic E-state index is 12.0. The fourth-order valence-electron chi connectivity index (χ4n) is 2.42. The van der Waals surface area contributed by atoms with Crippen molar-refractivity contribution in [3.8, 4) is 11.4 Å². The molecule has 0 aliphatic rings. The van der Waals surface area contributed by atoms with Gasteiger partial charge in [0.25, 0.3) is 0 Å². The number of thioether (sulfide) groups is 1.